The van der Waals surface area contributed by atoms with Gasteiger partial charge in [0.2, 0.25) is 0 Å². The zero-order valence-electron chi connectivity index (χ0n) is 29.8. The van der Waals surface area contributed by atoms with E-state index < -0.39 is 0 Å². The number of rotatable bonds is 5. The SMILES string of the molecule is CC1(c2ccc3oc4c(N(c5ccc(-c6ccccc6)cc5)c5cc6ccccc6c6ccccc56)cccc4c3c2)c2ccccc2-c2ccccc21. The Balaban J connectivity index is 1.14. The van der Waals surface area contributed by atoms with Crippen molar-refractivity contribution in [3.8, 4) is 22.3 Å². The van der Waals surface area contributed by atoms with Crippen molar-refractivity contribution in [2.24, 2.45) is 0 Å². The van der Waals surface area contributed by atoms with Crippen LogP contribution in [0.15, 0.2) is 199 Å². The zero-order valence-corrected chi connectivity index (χ0v) is 29.8. The molecule has 0 bridgehead atoms. The van der Waals surface area contributed by atoms with Crippen molar-refractivity contribution in [2.75, 3.05) is 4.90 Å². The summed E-state index contributed by atoms with van der Waals surface area (Å²) in [6.07, 6.45) is 0. The van der Waals surface area contributed by atoms with Crippen LogP contribution in [0, 0.1) is 0 Å². The molecule has 2 nitrogen and oxygen atoms in total. The van der Waals surface area contributed by atoms with Crippen molar-refractivity contribution in [3.63, 3.8) is 0 Å². The Morgan fingerprint density at radius 1 is 0.426 bits per heavy atom. The molecule has 1 aromatic heterocycles. The minimum absolute atomic E-state index is 0.293. The highest BCUT2D eigenvalue weighted by atomic mass is 16.3. The van der Waals surface area contributed by atoms with Crippen LogP contribution in [0.1, 0.15) is 23.6 Å². The first-order valence-corrected chi connectivity index (χ1v) is 18.7. The van der Waals surface area contributed by atoms with E-state index in [1.54, 1.807) is 0 Å². The Kier molecular flexibility index (Phi) is 6.72. The van der Waals surface area contributed by atoms with E-state index in [9.17, 15) is 0 Å². The Morgan fingerprint density at radius 3 is 1.80 bits per heavy atom. The zero-order chi connectivity index (χ0) is 35.8. The Hall–Kier alpha value is -6.90. The molecule has 0 saturated carbocycles. The molecule has 1 aliphatic rings. The minimum Gasteiger partial charge on any atom is -0.454 e. The van der Waals surface area contributed by atoms with Gasteiger partial charge in [0.1, 0.15) is 5.58 Å². The fourth-order valence-electron chi connectivity index (χ4n) is 9.10. The molecule has 1 aliphatic carbocycles. The van der Waals surface area contributed by atoms with Gasteiger partial charge in [-0.05, 0) is 98.4 Å². The smallest absolute Gasteiger partial charge is 0.159 e. The fraction of sp³-hybridized carbons (Fsp3) is 0.0385. The Morgan fingerprint density at radius 2 is 1.04 bits per heavy atom. The van der Waals surface area contributed by atoms with E-state index >= 15 is 0 Å². The summed E-state index contributed by atoms with van der Waals surface area (Å²) in [6.45, 7) is 2.37. The summed E-state index contributed by atoms with van der Waals surface area (Å²) < 4.78 is 6.95. The number of furan rings is 1. The molecule has 0 N–H and O–H groups in total. The lowest BCUT2D eigenvalue weighted by Gasteiger charge is -2.28. The second-order valence-corrected chi connectivity index (χ2v) is 14.6. The standard InChI is InChI=1S/C52H35NO/c1-52(46-23-11-9-19-41(46)42-20-10-12-24-47(42)52)37-28-31-50-45(33-37)44-22-13-25-48(51(44)54-50)53(38-29-26-35(27-30-38)34-14-3-2-4-15-34)49-32-36-16-5-6-17-39(36)40-18-7-8-21-43(40)49/h2-33H,1H3. The monoisotopic (exact) mass is 689 g/mol. The van der Waals surface area contributed by atoms with E-state index in [1.165, 1.54) is 60.5 Å². The highest BCUT2D eigenvalue weighted by Gasteiger charge is 2.40. The maximum atomic E-state index is 6.95. The van der Waals surface area contributed by atoms with Gasteiger partial charge in [-0.3, -0.25) is 0 Å². The summed E-state index contributed by atoms with van der Waals surface area (Å²) in [6, 6.07) is 70.4. The number of anilines is 3. The third-order valence-electron chi connectivity index (χ3n) is 11.7. The summed E-state index contributed by atoms with van der Waals surface area (Å²) in [4.78, 5) is 2.39. The molecule has 9 aromatic carbocycles. The lowest BCUT2D eigenvalue weighted by atomic mass is 9.74. The lowest BCUT2D eigenvalue weighted by molar-refractivity contribution is 0.667. The third-order valence-corrected chi connectivity index (χ3v) is 11.7. The van der Waals surface area contributed by atoms with E-state index in [0.717, 1.165) is 39.0 Å². The first-order chi connectivity index (χ1) is 26.7. The van der Waals surface area contributed by atoms with E-state index in [4.69, 9.17) is 4.42 Å². The van der Waals surface area contributed by atoms with Gasteiger partial charge in [0, 0.05) is 27.3 Å². The average molecular weight is 690 g/mol. The van der Waals surface area contributed by atoms with Crippen LogP contribution in [0.3, 0.4) is 0 Å². The number of fused-ring (bicyclic) bond motifs is 9. The van der Waals surface area contributed by atoms with Crippen molar-refractivity contribution in [2.45, 2.75) is 12.3 Å². The molecule has 10 aromatic rings. The van der Waals surface area contributed by atoms with E-state index in [2.05, 4.69) is 206 Å². The number of nitrogens with zero attached hydrogens (tertiary/aromatic N) is 1. The summed E-state index contributed by atoms with van der Waals surface area (Å²) in [7, 11) is 0. The van der Waals surface area contributed by atoms with Gasteiger partial charge in [0.05, 0.1) is 11.4 Å². The lowest BCUT2D eigenvalue weighted by Crippen LogP contribution is -2.22. The molecule has 54 heavy (non-hydrogen) atoms. The van der Waals surface area contributed by atoms with Crippen LogP contribution in [-0.2, 0) is 5.41 Å². The van der Waals surface area contributed by atoms with Gasteiger partial charge in [-0.1, -0.05) is 158 Å². The summed E-state index contributed by atoms with van der Waals surface area (Å²) in [5.41, 5.74) is 13.6. The topological polar surface area (TPSA) is 16.4 Å². The van der Waals surface area contributed by atoms with Gasteiger partial charge >= 0.3 is 0 Å². The van der Waals surface area contributed by atoms with Crippen molar-refractivity contribution >= 4 is 60.5 Å². The van der Waals surface area contributed by atoms with Crippen molar-refractivity contribution in [3.05, 3.63) is 211 Å². The van der Waals surface area contributed by atoms with Crippen molar-refractivity contribution < 1.29 is 4.42 Å². The maximum Gasteiger partial charge on any atom is 0.159 e. The maximum absolute atomic E-state index is 6.95. The summed E-state index contributed by atoms with van der Waals surface area (Å²) >= 11 is 0. The highest BCUT2D eigenvalue weighted by molar-refractivity contribution is 6.17. The van der Waals surface area contributed by atoms with Crippen LogP contribution >= 0.6 is 0 Å². The van der Waals surface area contributed by atoms with E-state index in [0.29, 0.717) is 0 Å². The fourth-order valence-corrected chi connectivity index (χ4v) is 9.10. The van der Waals surface area contributed by atoms with Crippen LogP contribution in [-0.4, -0.2) is 0 Å². The molecule has 11 rings (SSSR count). The van der Waals surface area contributed by atoms with Crippen molar-refractivity contribution in [1.82, 2.24) is 0 Å². The molecule has 0 radical (unpaired) electrons. The molecule has 0 saturated heterocycles. The third kappa shape index (κ3) is 4.47. The van der Waals surface area contributed by atoms with Gasteiger partial charge in [-0.2, -0.15) is 0 Å². The quantitative estimate of drug-likeness (QED) is 0.167. The second kappa shape index (κ2) is 11.8. The van der Waals surface area contributed by atoms with Crippen LogP contribution in [0.5, 0.6) is 0 Å². The van der Waals surface area contributed by atoms with Gasteiger partial charge in [-0.25, -0.2) is 0 Å². The molecule has 0 spiro atoms. The molecular formula is C52H35NO. The van der Waals surface area contributed by atoms with Crippen LogP contribution in [0.25, 0.3) is 65.7 Å². The highest BCUT2D eigenvalue weighted by Crippen LogP contribution is 2.53. The Labute approximate surface area is 314 Å². The second-order valence-electron chi connectivity index (χ2n) is 14.6. The molecule has 0 unspecified atom stereocenters. The first kappa shape index (κ1) is 30.7. The predicted molar refractivity (Wildman–Crippen MR) is 226 cm³/mol. The van der Waals surface area contributed by atoms with Gasteiger partial charge in [0.15, 0.2) is 5.58 Å². The van der Waals surface area contributed by atoms with E-state index in [-0.39, 0.29) is 5.41 Å². The number of para-hydroxylation sites is 1. The number of benzene rings is 9. The molecule has 0 atom stereocenters. The average Bonchev–Trinajstić information content (AvgIpc) is 3.75. The molecule has 2 heteroatoms. The molecule has 254 valence electrons. The van der Waals surface area contributed by atoms with Crippen molar-refractivity contribution in [1.29, 1.82) is 0 Å². The van der Waals surface area contributed by atoms with Gasteiger partial charge in [-0.15, -0.1) is 0 Å². The normalized spacial score (nSPS) is 13.1. The largest absolute Gasteiger partial charge is 0.454 e. The molecule has 1 heterocycles. The summed E-state index contributed by atoms with van der Waals surface area (Å²) in [5.74, 6) is 0. The summed E-state index contributed by atoms with van der Waals surface area (Å²) in [5, 5.41) is 7.07. The van der Waals surface area contributed by atoms with Gasteiger partial charge in [0.25, 0.3) is 0 Å². The molecular weight excluding hydrogens is 655 g/mol. The van der Waals surface area contributed by atoms with Gasteiger partial charge < -0.3 is 9.32 Å². The number of hydrogen-bond donors (Lipinski definition) is 0. The van der Waals surface area contributed by atoms with Crippen LogP contribution in [0.2, 0.25) is 0 Å². The van der Waals surface area contributed by atoms with Crippen LogP contribution in [0.4, 0.5) is 17.1 Å². The predicted octanol–water partition coefficient (Wildman–Crippen LogP) is 14.4. The van der Waals surface area contributed by atoms with E-state index in [1.807, 2.05) is 0 Å². The molecule has 0 fully saturated rings. The van der Waals surface area contributed by atoms with Crippen LogP contribution < -0.4 is 4.90 Å². The Bertz CT molecular complexity index is 3020. The molecule has 0 amide bonds. The molecule has 0 aliphatic heterocycles. The minimum atomic E-state index is -0.293. The first-order valence-electron chi connectivity index (χ1n) is 18.7. The number of hydrogen-bond acceptors (Lipinski definition) is 2.